The van der Waals surface area contributed by atoms with Gasteiger partial charge in [-0.1, -0.05) is 6.92 Å². The summed E-state index contributed by atoms with van der Waals surface area (Å²) in [7, 11) is 0. The normalized spacial score (nSPS) is 12.4. The van der Waals surface area contributed by atoms with Crippen LogP contribution in [0.1, 0.15) is 12.5 Å². The molecule has 1 heterocycles. The van der Waals surface area contributed by atoms with Gasteiger partial charge in [-0.3, -0.25) is 4.79 Å². The Labute approximate surface area is 93.3 Å². The predicted octanol–water partition coefficient (Wildman–Crippen LogP) is 2.28. The minimum Gasteiger partial charge on any atom is -0.356 e. The summed E-state index contributed by atoms with van der Waals surface area (Å²) in [5.74, 6) is 0.318. The fourth-order valence-electron chi connectivity index (χ4n) is 1.01. The Balaban J connectivity index is 2.18. The van der Waals surface area contributed by atoms with Gasteiger partial charge in [0.2, 0.25) is 5.91 Å². The maximum absolute atomic E-state index is 11.3. The van der Waals surface area contributed by atoms with Crippen LogP contribution in [0.4, 0.5) is 0 Å². The highest BCUT2D eigenvalue weighted by molar-refractivity contribution is 7.07. The van der Waals surface area contributed by atoms with Gasteiger partial charge in [0, 0.05) is 18.3 Å². The van der Waals surface area contributed by atoms with Crippen LogP contribution in [0.2, 0.25) is 0 Å². The van der Waals surface area contributed by atoms with Crippen LogP contribution in [-0.4, -0.2) is 18.3 Å². The van der Waals surface area contributed by atoms with Crippen LogP contribution in [0.5, 0.6) is 0 Å². The van der Waals surface area contributed by atoms with Gasteiger partial charge in [0.05, 0.1) is 0 Å². The summed E-state index contributed by atoms with van der Waals surface area (Å²) in [6.07, 6.45) is 0.893. The fraction of sp³-hybridized carbons (Fsp3) is 0.500. The standard InChI is InChI=1S/C10H14ClNOS/c1-8(6-11)10(13)12-4-2-9-3-5-14-7-9/h3,5,7-8H,2,4,6H2,1H3,(H,12,13). The third-order valence-electron chi connectivity index (χ3n) is 1.97. The number of hydrogen-bond acceptors (Lipinski definition) is 2. The van der Waals surface area contributed by atoms with Gasteiger partial charge >= 0.3 is 0 Å². The van der Waals surface area contributed by atoms with Crippen LogP contribution in [-0.2, 0) is 11.2 Å². The second kappa shape index (κ2) is 6.04. The number of carbonyl (C=O) groups excluding carboxylic acids is 1. The molecule has 0 aliphatic heterocycles. The molecule has 14 heavy (non-hydrogen) atoms. The fourth-order valence-corrected chi connectivity index (χ4v) is 1.85. The molecule has 1 aromatic heterocycles. The number of hydrogen-bond donors (Lipinski definition) is 1. The number of alkyl halides is 1. The first-order chi connectivity index (χ1) is 6.74. The molecule has 2 nitrogen and oxygen atoms in total. The lowest BCUT2D eigenvalue weighted by atomic mass is 10.2. The number of rotatable bonds is 5. The van der Waals surface area contributed by atoms with Crippen molar-refractivity contribution in [2.24, 2.45) is 5.92 Å². The summed E-state index contributed by atoms with van der Waals surface area (Å²) < 4.78 is 0. The van der Waals surface area contributed by atoms with Gasteiger partial charge in [0.15, 0.2) is 0 Å². The zero-order chi connectivity index (χ0) is 10.4. The van der Waals surface area contributed by atoms with Crippen molar-refractivity contribution in [1.29, 1.82) is 0 Å². The average molecular weight is 232 g/mol. The summed E-state index contributed by atoms with van der Waals surface area (Å²) in [4.78, 5) is 11.3. The average Bonchev–Trinajstić information content (AvgIpc) is 2.69. The van der Waals surface area contributed by atoms with Crippen LogP contribution in [0.25, 0.3) is 0 Å². The minimum absolute atomic E-state index is 0.0372. The molecule has 0 fully saturated rings. The van der Waals surface area contributed by atoms with Gasteiger partial charge in [-0.05, 0) is 28.8 Å². The lowest BCUT2D eigenvalue weighted by Gasteiger charge is -2.08. The minimum atomic E-state index is -0.0980. The molecule has 1 rings (SSSR count). The molecule has 0 aromatic carbocycles. The molecule has 78 valence electrons. The molecule has 1 unspecified atom stereocenters. The maximum atomic E-state index is 11.3. The van der Waals surface area contributed by atoms with Crippen molar-refractivity contribution < 1.29 is 4.79 Å². The highest BCUT2D eigenvalue weighted by Crippen LogP contribution is 2.05. The van der Waals surface area contributed by atoms with Crippen molar-refractivity contribution in [3.8, 4) is 0 Å². The van der Waals surface area contributed by atoms with E-state index in [1.807, 2.05) is 12.3 Å². The van der Waals surface area contributed by atoms with Gasteiger partial charge < -0.3 is 5.32 Å². The Morgan fingerprint density at radius 3 is 3.07 bits per heavy atom. The van der Waals surface area contributed by atoms with E-state index in [0.29, 0.717) is 12.4 Å². The van der Waals surface area contributed by atoms with E-state index in [2.05, 4.69) is 16.8 Å². The summed E-state index contributed by atoms with van der Waals surface area (Å²) in [5, 5.41) is 6.99. The third kappa shape index (κ3) is 3.68. The lowest BCUT2D eigenvalue weighted by Crippen LogP contribution is -2.31. The van der Waals surface area contributed by atoms with E-state index in [-0.39, 0.29) is 11.8 Å². The predicted molar refractivity (Wildman–Crippen MR) is 60.9 cm³/mol. The smallest absolute Gasteiger partial charge is 0.224 e. The number of carbonyl (C=O) groups is 1. The number of halogens is 1. The number of nitrogens with one attached hydrogen (secondary N) is 1. The topological polar surface area (TPSA) is 29.1 Å². The van der Waals surface area contributed by atoms with Gasteiger partial charge in [0.1, 0.15) is 0 Å². The van der Waals surface area contributed by atoms with Gasteiger partial charge in [-0.25, -0.2) is 0 Å². The first-order valence-corrected chi connectivity index (χ1v) is 6.06. The molecule has 0 bridgehead atoms. The van der Waals surface area contributed by atoms with E-state index < -0.39 is 0 Å². The second-order valence-corrected chi connectivity index (χ2v) is 4.32. The van der Waals surface area contributed by atoms with Gasteiger partial charge in [-0.2, -0.15) is 11.3 Å². The largest absolute Gasteiger partial charge is 0.356 e. The van der Waals surface area contributed by atoms with Gasteiger partial charge in [0.25, 0.3) is 0 Å². The van der Waals surface area contributed by atoms with Crippen LogP contribution in [0.15, 0.2) is 16.8 Å². The molecule has 0 aliphatic rings. The SMILES string of the molecule is CC(CCl)C(=O)NCCc1ccsc1. The van der Waals surface area contributed by atoms with E-state index >= 15 is 0 Å². The zero-order valence-electron chi connectivity index (χ0n) is 8.13. The van der Waals surface area contributed by atoms with E-state index in [0.717, 1.165) is 6.42 Å². The van der Waals surface area contributed by atoms with E-state index in [1.54, 1.807) is 11.3 Å². The molecular weight excluding hydrogens is 218 g/mol. The highest BCUT2D eigenvalue weighted by atomic mass is 35.5. The second-order valence-electron chi connectivity index (χ2n) is 3.23. The van der Waals surface area contributed by atoms with Gasteiger partial charge in [-0.15, -0.1) is 11.6 Å². The quantitative estimate of drug-likeness (QED) is 0.775. The Bertz CT molecular complexity index is 274. The lowest BCUT2D eigenvalue weighted by molar-refractivity contribution is -0.123. The Morgan fingerprint density at radius 2 is 2.50 bits per heavy atom. The summed E-state index contributed by atoms with van der Waals surface area (Å²) >= 11 is 7.24. The van der Waals surface area contributed by atoms with Crippen LogP contribution in [0.3, 0.4) is 0 Å². The first-order valence-electron chi connectivity index (χ1n) is 4.58. The van der Waals surface area contributed by atoms with Crippen LogP contribution >= 0.6 is 22.9 Å². The summed E-state index contributed by atoms with van der Waals surface area (Å²) in [5.41, 5.74) is 1.27. The van der Waals surface area contributed by atoms with E-state index in [4.69, 9.17) is 11.6 Å². The third-order valence-corrected chi connectivity index (χ3v) is 3.17. The van der Waals surface area contributed by atoms with Crippen molar-refractivity contribution in [3.05, 3.63) is 22.4 Å². The van der Waals surface area contributed by atoms with Crippen LogP contribution < -0.4 is 5.32 Å². The molecule has 0 saturated carbocycles. The number of thiophene rings is 1. The monoisotopic (exact) mass is 231 g/mol. The molecule has 1 N–H and O–H groups in total. The highest BCUT2D eigenvalue weighted by Gasteiger charge is 2.09. The van der Waals surface area contributed by atoms with Crippen molar-refractivity contribution in [1.82, 2.24) is 5.32 Å². The molecule has 1 atom stereocenters. The molecule has 0 radical (unpaired) electrons. The van der Waals surface area contributed by atoms with E-state index in [1.165, 1.54) is 5.56 Å². The van der Waals surface area contributed by atoms with Crippen molar-refractivity contribution in [3.63, 3.8) is 0 Å². The summed E-state index contributed by atoms with van der Waals surface area (Å²) in [6.45, 7) is 2.52. The van der Waals surface area contributed by atoms with Crippen molar-refractivity contribution >= 4 is 28.8 Å². The molecule has 0 aliphatic carbocycles. The number of amides is 1. The molecule has 0 saturated heterocycles. The Morgan fingerprint density at radius 1 is 1.71 bits per heavy atom. The Kier molecular flexibility index (Phi) is 4.98. The molecule has 1 amide bonds. The molecule has 0 spiro atoms. The summed E-state index contributed by atoms with van der Waals surface area (Å²) in [6, 6.07) is 2.07. The zero-order valence-corrected chi connectivity index (χ0v) is 9.70. The molecule has 4 heteroatoms. The van der Waals surface area contributed by atoms with Crippen molar-refractivity contribution in [2.75, 3.05) is 12.4 Å². The molecular formula is C10H14ClNOS. The van der Waals surface area contributed by atoms with E-state index in [9.17, 15) is 4.79 Å². The maximum Gasteiger partial charge on any atom is 0.224 e. The Hall–Kier alpha value is -0.540. The molecule has 1 aromatic rings. The van der Waals surface area contributed by atoms with Crippen molar-refractivity contribution in [2.45, 2.75) is 13.3 Å². The van der Waals surface area contributed by atoms with Crippen LogP contribution in [0, 0.1) is 5.92 Å². The first kappa shape index (κ1) is 11.5.